The summed E-state index contributed by atoms with van der Waals surface area (Å²) in [4.78, 5) is 33.7. The minimum absolute atomic E-state index is 0.00205. The second kappa shape index (κ2) is 10.6. The second-order valence-corrected chi connectivity index (χ2v) is 8.23. The van der Waals surface area contributed by atoms with Gasteiger partial charge < -0.3 is 20.1 Å². The minimum Gasteiger partial charge on any atom is -0.465 e. The molecule has 0 bridgehead atoms. The third kappa shape index (κ3) is 6.16. The zero-order valence-electron chi connectivity index (χ0n) is 18.0. The molecule has 1 saturated heterocycles. The highest BCUT2D eigenvalue weighted by Crippen LogP contribution is 2.30. The number of hydrogen-bond acceptors (Lipinski definition) is 7. The van der Waals surface area contributed by atoms with Crippen LogP contribution in [0.1, 0.15) is 44.3 Å². The molecule has 1 aromatic rings. The first-order valence-corrected chi connectivity index (χ1v) is 10.7. The van der Waals surface area contributed by atoms with Crippen molar-refractivity contribution in [3.63, 3.8) is 0 Å². The topological polar surface area (TPSA) is 129 Å². The number of anilines is 2. The summed E-state index contributed by atoms with van der Waals surface area (Å²) in [5.74, 6) is -0.819. The highest BCUT2D eigenvalue weighted by atomic mass is 19.1. The number of carboxylic acid groups (broad SMARTS) is 1. The molecule has 4 N–H and O–H groups in total. The predicted octanol–water partition coefficient (Wildman–Crippen LogP) is 2.06. The number of rotatable bonds is 9. The van der Waals surface area contributed by atoms with E-state index in [0.717, 1.165) is 32.1 Å². The van der Waals surface area contributed by atoms with E-state index in [0.29, 0.717) is 31.3 Å². The summed E-state index contributed by atoms with van der Waals surface area (Å²) in [6.45, 7) is 2.80. The quantitative estimate of drug-likeness (QED) is 0.431. The molecule has 0 radical (unpaired) electrons. The number of ether oxygens (including phenoxy) is 1. The van der Waals surface area contributed by atoms with Gasteiger partial charge in [-0.2, -0.15) is 4.39 Å². The summed E-state index contributed by atoms with van der Waals surface area (Å²) in [6.07, 6.45) is 4.51. The summed E-state index contributed by atoms with van der Waals surface area (Å²) in [6, 6.07) is 0. The van der Waals surface area contributed by atoms with Gasteiger partial charge in [0.2, 0.25) is 11.7 Å². The lowest BCUT2D eigenvalue weighted by Crippen LogP contribution is -2.42. The number of carbonyl (C=O) groups is 2. The van der Waals surface area contributed by atoms with Crippen LogP contribution in [0.4, 0.5) is 20.8 Å². The van der Waals surface area contributed by atoms with Crippen LogP contribution in [0.15, 0.2) is 0 Å². The highest BCUT2D eigenvalue weighted by Gasteiger charge is 2.29. The van der Waals surface area contributed by atoms with Gasteiger partial charge in [-0.15, -0.1) is 0 Å². The summed E-state index contributed by atoms with van der Waals surface area (Å²) < 4.78 is 20.4. The molecule has 2 atom stereocenters. The zero-order chi connectivity index (χ0) is 22.4. The van der Waals surface area contributed by atoms with Crippen molar-refractivity contribution in [2.75, 3.05) is 37.1 Å². The maximum absolute atomic E-state index is 15.1. The number of nitrogens with zero attached hydrogens (tertiary/aromatic N) is 3. The van der Waals surface area contributed by atoms with Gasteiger partial charge in [0.15, 0.2) is 11.6 Å². The van der Waals surface area contributed by atoms with Crippen LogP contribution in [-0.2, 0) is 9.53 Å². The minimum atomic E-state index is -1.18. The molecule has 1 aliphatic heterocycles. The van der Waals surface area contributed by atoms with Crippen molar-refractivity contribution in [1.29, 1.82) is 0 Å². The number of amides is 2. The molecule has 0 unspecified atom stereocenters. The monoisotopic (exact) mass is 438 g/mol. The smallest absolute Gasteiger partial charge is 0.404 e. The van der Waals surface area contributed by atoms with Crippen LogP contribution in [0.3, 0.4) is 0 Å². The fourth-order valence-corrected chi connectivity index (χ4v) is 4.31. The molecule has 2 heterocycles. The summed E-state index contributed by atoms with van der Waals surface area (Å²) in [5, 5.41) is 11.2. The first-order valence-electron chi connectivity index (χ1n) is 10.7. The van der Waals surface area contributed by atoms with Crippen molar-refractivity contribution < 1.29 is 23.8 Å². The summed E-state index contributed by atoms with van der Waals surface area (Å²) in [5.41, 5.74) is 5.08. The maximum atomic E-state index is 15.1. The number of methoxy groups -OCH3 is 1. The van der Waals surface area contributed by atoms with Gasteiger partial charge in [0.05, 0.1) is 12.0 Å². The van der Waals surface area contributed by atoms with Crippen LogP contribution in [0.5, 0.6) is 0 Å². The molecule has 0 aromatic carbocycles. The Morgan fingerprint density at radius 2 is 2.03 bits per heavy atom. The van der Waals surface area contributed by atoms with Gasteiger partial charge in [0, 0.05) is 26.7 Å². The van der Waals surface area contributed by atoms with E-state index in [1.165, 1.54) is 0 Å². The highest BCUT2D eigenvalue weighted by molar-refractivity contribution is 5.80. The Kier molecular flexibility index (Phi) is 7.83. The van der Waals surface area contributed by atoms with E-state index < -0.39 is 23.7 Å². The summed E-state index contributed by atoms with van der Waals surface area (Å²) in [7, 11) is 1.62. The lowest BCUT2D eigenvalue weighted by atomic mass is 9.92. The Morgan fingerprint density at radius 1 is 1.29 bits per heavy atom. The Bertz CT molecular complexity index is 789. The van der Waals surface area contributed by atoms with Gasteiger partial charge >= 0.3 is 6.09 Å². The van der Waals surface area contributed by atoms with Gasteiger partial charge in [-0.1, -0.05) is 25.7 Å². The normalized spacial score (nSPS) is 20.0. The second-order valence-electron chi connectivity index (χ2n) is 8.23. The number of aryl methyl sites for hydroxylation is 1. The Morgan fingerprint density at radius 3 is 2.68 bits per heavy atom. The van der Waals surface area contributed by atoms with Crippen LogP contribution in [0.2, 0.25) is 0 Å². The Labute approximate surface area is 180 Å². The molecule has 2 aliphatic rings. The van der Waals surface area contributed by atoms with E-state index in [9.17, 15) is 9.59 Å². The number of aromatic nitrogens is 2. The first kappa shape index (κ1) is 23.0. The van der Waals surface area contributed by atoms with Crippen LogP contribution in [0.25, 0.3) is 0 Å². The Balaban J connectivity index is 1.66. The zero-order valence-corrected chi connectivity index (χ0v) is 18.0. The fourth-order valence-electron chi connectivity index (χ4n) is 4.31. The standard InChI is InChI=1S/C20H31FN6O4/c1-12-23-17(16(21)18(24-12)27-8-7-15(11-27)31-2)25-26-19(28)14(10-22-20(29)30)9-13-5-3-4-6-13/h13-15,22H,3-11H2,1-2H3,(H,26,28)(H,29,30)(H,23,24,25)/t14-,15-/m1/s1. The van der Waals surface area contributed by atoms with Gasteiger partial charge in [0.1, 0.15) is 5.82 Å². The number of hydrogen-bond donors (Lipinski definition) is 4. The predicted molar refractivity (Wildman–Crippen MR) is 112 cm³/mol. The molecule has 172 valence electrons. The van der Waals surface area contributed by atoms with Gasteiger partial charge in [0.25, 0.3) is 0 Å². The van der Waals surface area contributed by atoms with Crippen LogP contribution < -0.4 is 21.1 Å². The molecule has 1 saturated carbocycles. The number of halogens is 1. The average Bonchev–Trinajstić information content (AvgIpc) is 3.42. The molecule has 11 heteroatoms. The molecule has 10 nitrogen and oxygen atoms in total. The lowest BCUT2D eigenvalue weighted by molar-refractivity contribution is -0.124. The SMILES string of the molecule is CO[C@@H]1CCN(c2nc(C)nc(NNC(=O)[C@@H](CNC(=O)O)CC3CCCC3)c2F)C1. The Hall–Kier alpha value is -2.69. The number of hydrazine groups is 1. The average molecular weight is 439 g/mol. The molecular weight excluding hydrogens is 407 g/mol. The van der Waals surface area contributed by atoms with Crippen molar-refractivity contribution in [2.45, 2.75) is 51.6 Å². The fraction of sp³-hybridized carbons (Fsp3) is 0.700. The van der Waals surface area contributed by atoms with Crippen molar-refractivity contribution in [3.8, 4) is 0 Å². The number of nitrogens with one attached hydrogen (secondary N) is 3. The van der Waals surface area contributed by atoms with Gasteiger partial charge in [-0.05, 0) is 25.7 Å². The van der Waals surface area contributed by atoms with Crippen LogP contribution in [-0.4, -0.2) is 59.9 Å². The van der Waals surface area contributed by atoms with E-state index in [1.807, 2.05) is 0 Å². The molecular formula is C20H31FN6O4. The van der Waals surface area contributed by atoms with Crippen molar-refractivity contribution in [2.24, 2.45) is 11.8 Å². The van der Waals surface area contributed by atoms with Crippen LogP contribution >= 0.6 is 0 Å². The molecule has 0 spiro atoms. The molecule has 1 aliphatic carbocycles. The van der Waals surface area contributed by atoms with Gasteiger partial charge in [-0.3, -0.25) is 15.6 Å². The van der Waals surface area contributed by atoms with E-state index in [2.05, 4.69) is 26.1 Å². The third-order valence-electron chi connectivity index (χ3n) is 5.99. The molecule has 3 rings (SSSR count). The molecule has 2 fully saturated rings. The summed E-state index contributed by atoms with van der Waals surface area (Å²) >= 11 is 0. The van der Waals surface area contributed by atoms with Crippen molar-refractivity contribution in [3.05, 3.63) is 11.6 Å². The first-order chi connectivity index (χ1) is 14.9. The third-order valence-corrected chi connectivity index (χ3v) is 5.99. The number of carbonyl (C=O) groups excluding carboxylic acids is 1. The van der Waals surface area contributed by atoms with E-state index >= 15 is 4.39 Å². The van der Waals surface area contributed by atoms with E-state index in [1.54, 1.807) is 18.9 Å². The lowest BCUT2D eigenvalue weighted by Gasteiger charge is -2.22. The van der Waals surface area contributed by atoms with Crippen LogP contribution in [0, 0.1) is 24.6 Å². The largest absolute Gasteiger partial charge is 0.465 e. The van der Waals surface area contributed by atoms with Crippen molar-refractivity contribution in [1.82, 2.24) is 20.7 Å². The molecule has 1 aromatic heterocycles. The molecule has 2 amide bonds. The van der Waals surface area contributed by atoms with Gasteiger partial charge in [-0.25, -0.2) is 14.8 Å². The van der Waals surface area contributed by atoms with E-state index in [-0.39, 0.29) is 24.3 Å². The molecule has 31 heavy (non-hydrogen) atoms. The van der Waals surface area contributed by atoms with Crippen molar-refractivity contribution >= 4 is 23.6 Å². The maximum Gasteiger partial charge on any atom is 0.404 e. The van der Waals surface area contributed by atoms with E-state index in [4.69, 9.17) is 9.84 Å².